The molecule has 0 amide bonds. The number of carbonyl (C=O) groups is 1. The van der Waals surface area contributed by atoms with Crippen molar-refractivity contribution in [1.29, 1.82) is 0 Å². The van der Waals surface area contributed by atoms with Crippen molar-refractivity contribution in [3.05, 3.63) is 48.7 Å². The average Bonchev–Trinajstić information content (AvgIpc) is 3.46. The summed E-state index contributed by atoms with van der Waals surface area (Å²) >= 11 is 0. The Balaban J connectivity index is 1.62. The zero-order chi connectivity index (χ0) is 24.9. The highest BCUT2D eigenvalue weighted by atomic mass is 16.5. The van der Waals surface area contributed by atoms with Crippen molar-refractivity contribution >= 4 is 29.1 Å². The van der Waals surface area contributed by atoms with Gasteiger partial charge in [0.25, 0.3) is 0 Å². The molecule has 3 N–H and O–H groups in total. The number of carboxylic acid groups (broad SMARTS) is 1. The SMILES string of the molecule is COc1c(Nc2nc(Nc3cnn(CCC(C)C)c3)ncc2C(=O)O)cccc1-c1ncn(C)n1. The summed E-state index contributed by atoms with van der Waals surface area (Å²) in [6.07, 6.45) is 7.38. The molecule has 3 aromatic heterocycles. The zero-order valence-electron chi connectivity index (χ0n) is 19.9. The first-order chi connectivity index (χ1) is 16.8. The third kappa shape index (κ3) is 5.54. The zero-order valence-corrected chi connectivity index (χ0v) is 19.9. The van der Waals surface area contributed by atoms with E-state index in [-0.39, 0.29) is 17.3 Å². The molecule has 4 rings (SSSR count). The number of methoxy groups -OCH3 is 1. The van der Waals surface area contributed by atoms with Crippen molar-refractivity contribution < 1.29 is 14.6 Å². The minimum atomic E-state index is -1.16. The third-order valence-corrected chi connectivity index (χ3v) is 5.16. The van der Waals surface area contributed by atoms with Crippen LogP contribution in [0.3, 0.4) is 0 Å². The largest absolute Gasteiger partial charge is 0.494 e. The van der Waals surface area contributed by atoms with E-state index in [2.05, 4.69) is 49.6 Å². The third-order valence-electron chi connectivity index (χ3n) is 5.16. The molecule has 0 saturated carbocycles. The summed E-state index contributed by atoms with van der Waals surface area (Å²) in [6.45, 7) is 5.12. The number of anilines is 4. The fraction of sp³-hybridized carbons (Fsp3) is 0.304. The molecule has 3 heterocycles. The lowest BCUT2D eigenvalue weighted by molar-refractivity contribution is 0.0697. The summed E-state index contributed by atoms with van der Waals surface area (Å²) in [7, 11) is 3.29. The molecule has 0 fully saturated rings. The Bertz CT molecular complexity index is 1330. The van der Waals surface area contributed by atoms with Crippen molar-refractivity contribution in [2.24, 2.45) is 13.0 Å². The molecule has 0 aliphatic rings. The van der Waals surface area contributed by atoms with E-state index in [0.29, 0.717) is 34.4 Å². The molecule has 12 heteroatoms. The standard InChI is InChI=1S/C23H27N9O3/c1-14(2)8-9-32-12-15(10-26-32)27-23-24-11-17(22(33)34)21(29-23)28-18-7-5-6-16(19(18)35-4)20-25-13-31(3)30-20/h5-7,10-14H,8-9H2,1-4H3,(H,33,34)(H2,24,27,28,29). The molecule has 0 saturated heterocycles. The number of aromatic carboxylic acids is 1. The first-order valence-corrected chi connectivity index (χ1v) is 11.0. The monoisotopic (exact) mass is 477 g/mol. The molecule has 0 spiro atoms. The number of hydrogen-bond donors (Lipinski definition) is 3. The van der Waals surface area contributed by atoms with E-state index in [0.717, 1.165) is 13.0 Å². The average molecular weight is 478 g/mol. The van der Waals surface area contributed by atoms with Crippen LogP contribution in [0.25, 0.3) is 11.4 Å². The Morgan fingerprint density at radius 1 is 1.20 bits per heavy atom. The van der Waals surface area contributed by atoms with Gasteiger partial charge in [-0.15, -0.1) is 0 Å². The number of aryl methyl sites for hydroxylation is 2. The maximum atomic E-state index is 11.8. The van der Waals surface area contributed by atoms with Gasteiger partial charge in [0.1, 0.15) is 11.9 Å². The van der Waals surface area contributed by atoms with Crippen LogP contribution in [0.2, 0.25) is 0 Å². The molecule has 0 radical (unpaired) electrons. The first-order valence-electron chi connectivity index (χ1n) is 11.0. The molecule has 182 valence electrons. The summed E-state index contributed by atoms with van der Waals surface area (Å²) < 4.78 is 9.04. The number of nitrogens with one attached hydrogen (secondary N) is 2. The molecule has 0 unspecified atom stereocenters. The Morgan fingerprint density at radius 2 is 2.03 bits per heavy atom. The van der Waals surface area contributed by atoms with Gasteiger partial charge in [0.15, 0.2) is 17.4 Å². The summed E-state index contributed by atoms with van der Waals surface area (Å²) in [4.78, 5) is 24.7. The van der Waals surface area contributed by atoms with Gasteiger partial charge in [0, 0.05) is 26.0 Å². The maximum absolute atomic E-state index is 11.8. The van der Waals surface area contributed by atoms with Crippen molar-refractivity contribution in [2.45, 2.75) is 26.8 Å². The van der Waals surface area contributed by atoms with Crippen molar-refractivity contribution in [3.8, 4) is 17.1 Å². The van der Waals surface area contributed by atoms with Crippen LogP contribution in [0.5, 0.6) is 5.75 Å². The van der Waals surface area contributed by atoms with Crippen LogP contribution in [0, 0.1) is 5.92 Å². The van der Waals surface area contributed by atoms with Gasteiger partial charge < -0.3 is 20.5 Å². The smallest absolute Gasteiger partial charge is 0.341 e. The first kappa shape index (κ1) is 23.7. The van der Waals surface area contributed by atoms with Crippen LogP contribution in [0.15, 0.2) is 43.1 Å². The molecule has 0 aliphatic heterocycles. The van der Waals surface area contributed by atoms with Gasteiger partial charge in [-0.25, -0.2) is 14.8 Å². The minimum Gasteiger partial charge on any atom is -0.494 e. The number of aromatic nitrogens is 7. The summed E-state index contributed by atoms with van der Waals surface area (Å²) in [5, 5.41) is 24.5. The summed E-state index contributed by atoms with van der Waals surface area (Å²) in [5.41, 5.74) is 1.76. The number of hydrogen-bond acceptors (Lipinski definition) is 9. The Labute approximate surface area is 202 Å². The van der Waals surface area contributed by atoms with E-state index < -0.39 is 5.97 Å². The van der Waals surface area contributed by atoms with Crippen LogP contribution < -0.4 is 15.4 Å². The normalized spacial score (nSPS) is 11.0. The molecular weight excluding hydrogens is 450 g/mol. The molecule has 35 heavy (non-hydrogen) atoms. The molecule has 12 nitrogen and oxygen atoms in total. The lowest BCUT2D eigenvalue weighted by Gasteiger charge is -2.15. The van der Waals surface area contributed by atoms with Crippen molar-refractivity contribution in [2.75, 3.05) is 17.7 Å². The fourth-order valence-corrected chi connectivity index (χ4v) is 3.39. The van der Waals surface area contributed by atoms with Gasteiger partial charge in [-0.2, -0.15) is 15.2 Å². The van der Waals surface area contributed by atoms with Crippen molar-refractivity contribution in [3.63, 3.8) is 0 Å². The highest BCUT2D eigenvalue weighted by molar-refractivity contribution is 5.94. The number of ether oxygens (including phenoxy) is 1. The van der Waals surface area contributed by atoms with Gasteiger partial charge in [0.2, 0.25) is 5.95 Å². The van der Waals surface area contributed by atoms with Crippen molar-refractivity contribution in [1.82, 2.24) is 34.5 Å². The van der Waals surface area contributed by atoms with E-state index in [1.807, 2.05) is 16.9 Å². The molecular formula is C23H27N9O3. The van der Waals surface area contributed by atoms with Crippen LogP contribution in [0.4, 0.5) is 23.1 Å². The maximum Gasteiger partial charge on any atom is 0.341 e. The predicted molar refractivity (Wildman–Crippen MR) is 130 cm³/mol. The van der Waals surface area contributed by atoms with Gasteiger partial charge in [-0.3, -0.25) is 9.36 Å². The fourth-order valence-electron chi connectivity index (χ4n) is 3.39. The predicted octanol–water partition coefficient (Wildman–Crippen LogP) is 3.71. The molecule has 0 bridgehead atoms. The molecule has 4 aromatic rings. The number of benzene rings is 1. The highest BCUT2D eigenvalue weighted by Gasteiger charge is 2.19. The van der Waals surface area contributed by atoms with Gasteiger partial charge in [0.05, 0.1) is 30.2 Å². The van der Waals surface area contributed by atoms with E-state index in [1.54, 1.807) is 36.4 Å². The number of nitrogens with zero attached hydrogens (tertiary/aromatic N) is 7. The second-order valence-electron chi connectivity index (χ2n) is 8.31. The van der Waals surface area contributed by atoms with Gasteiger partial charge in [-0.1, -0.05) is 19.9 Å². The van der Waals surface area contributed by atoms with E-state index in [4.69, 9.17) is 4.74 Å². The Hall–Kier alpha value is -4.48. The molecule has 0 atom stereocenters. The molecule has 1 aromatic carbocycles. The van der Waals surface area contributed by atoms with E-state index >= 15 is 0 Å². The van der Waals surface area contributed by atoms with Crippen LogP contribution in [0.1, 0.15) is 30.6 Å². The second kappa shape index (κ2) is 10.2. The van der Waals surface area contributed by atoms with Crippen LogP contribution in [-0.2, 0) is 13.6 Å². The summed E-state index contributed by atoms with van der Waals surface area (Å²) in [6, 6.07) is 5.37. The number of carboxylic acids is 1. The minimum absolute atomic E-state index is 0.0911. The summed E-state index contributed by atoms with van der Waals surface area (Å²) in [5.74, 6) is 0.664. The molecule has 0 aliphatic carbocycles. The van der Waals surface area contributed by atoms with E-state index in [9.17, 15) is 9.90 Å². The van der Waals surface area contributed by atoms with Crippen LogP contribution in [-0.4, -0.2) is 52.7 Å². The second-order valence-corrected chi connectivity index (χ2v) is 8.31. The lowest BCUT2D eigenvalue weighted by atomic mass is 10.1. The Morgan fingerprint density at radius 3 is 2.71 bits per heavy atom. The lowest BCUT2D eigenvalue weighted by Crippen LogP contribution is -2.09. The highest BCUT2D eigenvalue weighted by Crippen LogP contribution is 2.36. The van der Waals surface area contributed by atoms with Crippen LogP contribution >= 0.6 is 0 Å². The topological polar surface area (TPSA) is 145 Å². The van der Waals surface area contributed by atoms with Gasteiger partial charge in [-0.05, 0) is 24.5 Å². The quantitative estimate of drug-likeness (QED) is 0.309. The van der Waals surface area contributed by atoms with E-state index in [1.165, 1.54) is 13.3 Å². The number of para-hydroxylation sites is 1. The Kier molecular flexibility index (Phi) is 6.90. The van der Waals surface area contributed by atoms with Gasteiger partial charge >= 0.3 is 5.97 Å². The number of rotatable bonds is 10.